The van der Waals surface area contributed by atoms with E-state index in [-0.39, 0.29) is 23.6 Å². The lowest BCUT2D eigenvalue weighted by atomic mass is 9.89. The van der Waals surface area contributed by atoms with E-state index in [9.17, 15) is 14.4 Å². The second kappa shape index (κ2) is 10.3. The molecule has 188 valence electrons. The van der Waals surface area contributed by atoms with Crippen molar-refractivity contribution in [2.45, 2.75) is 71.0 Å². The summed E-state index contributed by atoms with van der Waals surface area (Å²) >= 11 is 0. The summed E-state index contributed by atoms with van der Waals surface area (Å²) in [5.41, 5.74) is 7.20. The van der Waals surface area contributed by atoms with E-state index in [4.69, 9.17) is 0 Å². The maximum atomic E-state index is 13.1. The third-order valence-electron chi connectivity index (χ3n) is 7.86. The molecule has 1 N–H and O–H groups in total. The van der Waals surface area contributed by atoms with E-state index < -0.39 is 0 Å². The number of rotatable bonds is 7. The SMILES string of the molecule is C=C1CC[C@H](N2Cc3c(CNC(=O)CCc4ccc(N5CCCC5)c(C)c4)cccc3C2=O)C(=O)C1. The Balaban J connectivity index is 1.17. The van der Waals surface area contributed by atoms with Crippen molar-refractivity contribution < 1.29 is 14.4 Å². The lowest BCUT2D eigenvalue weighted by molar-refractivity contribution is -0.124. The second-order valence-electron chi connectivity index (χ2n) is 10.4. The number of hydrogen-bond donors (Lipinski definition) is 1. The molecule has 0 radical (unpaired) electrons. The summed E-state index contributed by atoms with van der Waals surface area (Å²) in [5, 5.41) is 3.04. The van der Waals surface area contributed by atoms with Gasteiger partial charge in [-0.05, 0) is 73.4 Å². The van der Waals surface area contributed by atoms with Gasteiger partial charge in [-0.15, -0.1) is 0 Å². The maximum Gasteiger partial charge on any atom is 0.255 e. The van der Waals surface area contributed by atoms with Crippen LogP contribution in [0.4, 0.5) is 5.69 Å². The van der Waals surface area contributed by atoms with Crippen molar-refractivity contribution in [1.29, 1.82) is 0 Å². The topological polar surface area (TPSA) is 69.7 Å². The van der Waals surface area contributed by atoms with Crippen LogP contribution in [0.15, 0.2) is 48.6 Å². The predicted octanol–water partition coefficient (Wildman–Crippen LogP) is 4.48. The van der Waals surface area contributed by atoms with Gasteiger partial charge < -0.3 is 15.1 Å². The van der Waals surface area contributed by atoms with Gasteiger partial charge in [0, 0.05) is 50.3 Å². The quantitative estimate of drug-likeness (QED) is 0.587. The van der Waals surface area contributed by atoms with Gasteiger partial charge in [-0.2, -0.15) is 0 Å². The summed E-state index contributed by atoms with van der Waals surface area (Å²) < 4.78 is 0. The van der Waals surface area contributed by atoms with Gasteiger partial charge in [-0.3, -0.25) is 14.4 Å². The molecular weight excluding hydrogens is 450 g/mol. The summed E-state index contributed by atoms with van der Waals surface area (Å²) in [4.78, 5) is 42.4. The van der Waals surface area contributed by atoms with Gasteiger partial charge in [0.1, 0.15) is 0 Å². The number of allylic oxidation sites excluding steroid dienone is 1. The van der Waals surface area contributed by atoms with E-state index in [1.54, 1.807) is 4.90 Å². The monoisotopic (exact) mass is 485 g/mol. The first kappa shape index (κ1) is 24.3. The molecule has 2 aromatic rings. The minimum atomic E-state index is -0.377. The third kappa shape index (κ3) is 4.95. The van der Waals surface area contributed by atoms with Crippen molar-refractivity contribution in [3.8, 4) is 0 Å². The molecule has 0 spiro atoms. The fourth-order valence-corrected chi connectivity index (χ4v) is 5.85. The second-order valence-corrected chi connectivity index (χ2v) is 10.4. The number of ketones is 1. The van der Waals surface area contributed by atoms with E-state index in [2.05, 4.69) is 41.9 Å². The van der Waals surface area contributed by atoms with Crippen LogP contribution in [0.3, 0.4) is 0 Å². The van der Waals surface area contributed by atoms with Crippen LogP contribution in [0.1, 0.15) is 71.1 Å². The molecule has 2 fully saturated rings. The number of aryl methyl sites for hydroxylation is 2. The normalized spacial score (nSPS) is 19.7. The van der Waals surface area contributed by atoms with Crippen molar-refractivity contribution >= 4 is 23.3 Å². The zero-order valence-electron chi connectivity index (χ0n) is 21.1. The summed E-state index contributed by atoms with van der Waals surface area (Å²) in [6.45, 7) is 9.14. The van der Waals surface area contributed by atoms with Gasteiger partial charge in [0.25, 0.3) is 5.91 Å². The molecule has 0 aromatic heterocycles. The standard InChI is InChI=1S/C30H35N3O3/c1-20-8-11-27(28(34)16-20)33-19-25-23(6-5-7-24(25)30(33)36)18-31-29(35)13-10-22-9-12-26(21(2)17-22)32-14-3-4-15-32/h5-7,9,12,17,27H,1,3-4,8,10-11,13-16,18-19H2,2H3,(H,31,35)/t27-/m0/s1. The van der Waals surface area contributed by atoms with Crippen molar-refractivity contribution in [1.82, 2.24) is 10.2 Å². The Morgan fingerprint density at radius 3 is 2.69 bits per heavy atom. The first-order valence-corrected chi connectivity index (χ1v) is 13.1. The highest BCUT2D eigenvalue weighted by atomic mass is 16.2. The van der Waals surface area contributed by atoms with E-state index in [0.29, 0.717) is 44.3 Å². The number of nitrogens with zero attached hydrogens (tertiary/aromatic N) is 2. The van der Waals surface area contributed by atoms with Crippen LogP contribution in [0.5, 0.6) is 0 Å². The highest BCUT2D eigenvalue weighted by molar-refractivity contribution is 6.02. The van der Waals surface area contributed by atoms with Gasteiger partial charge in [0.15, 0.2) is 5.78 Å². The van der Waals surface area contributed by atoms with Crippen molar-refractivity contribution in [2.24, 2.45) is 0 Å². The number of carbonyl (C=O) groups is 3. The third-order valence-corrected chi connectivity index (χ3v) is 7.86. The first-order valence-electron chi connectivity index (χ1n) is 13.1. The lowest BCUT2D eigenvalue weighted by Gasteiger charge is -2.30. The van der Waals surface area contributed by atoms with Crippen LogP contribution in [0.2, 0.25) is 0 Å². The average molecular weight is 486 g/mol. The summed E-state index contributed by atoms with van der Waals surface area (Å²) in [6.07, 6.45) is 5.40. The van der Waals surface area contributed by atoms with E-state index in [0.717, 1.165) is 36.2 Å². The molecule has 1 atom stereocenters. The molecule has 1 saturated heterocycles. The maximum absolute atomic E-state index is 13.1. The van der Waals surface area contributed by atoms with Crippen LogP contribution in [0.25, 0.3) is 0 Å². The number of Topliss-reactive ketones (excluding diaryl/α,β-unsaturated/α-hetero) is 1. The zero-order chi connectivity index (χ0) is 25.2. The molecule has 1 saturated carbocycles. The number of benzene rings is 2. The fraction of sp³-hybridized carbons (Fsp3) is 0.433. The smallest absolute Gasteiger partial charge is 0.255 e. The van der Waals surface area contributed by atoms with Crippen molar-refractivity contribution in [3.05, 3.63) is 76.4 Å². The van der Waals surface area contributed by atoms with Gasteiger partial charge in [-0.25, -0.2) is 0 Å². The number of fused-ring (bicyclic) bond motifs is 1. The number of hydrogen-bond acceptors (Lipinski definition) is 4. The Morgan fingerprint density at radius 1 is 1.14 bits per heavy atom. The fourth-order valence-electron chi connectivity index (χ4n) is 5.85. The number of anilines is 1. The van der Waals surface area contributed by atoms with E-state index in [1.807, 2.05) is 18.2 Å². The molecule has 2 amide bonds. The lowest BCUT2D eigenvalue weighted by Crippen LogP contribution is -2.43. The summed E-state index contributed by atoms with van der Waals surface area (Å²) in [5.74, 6) is -0.0150. The largest absolute Gasteiger partial charge is 0.371 e. The molecule has 1 aliphatic carbocycles. The number of carbonyl (C=O) groups excluding carboxylic acids is 3. The van der Waals surface area contributed by atoms with Crippen LogP contribution in [-0.2, 0) is 29.1 Å². The van der Waals surface area contributed by atoms with Crippen molar-refractivity contribution in [3.63, 3.8) is 0 Å². The zero-order valence-corrected chi connectivity index (χ0v) is 21.1. The van der Waals surface area contributed by atoms with E-state index in [1.165, 1.54) is 29.7 Å². The molecule has 6 nitrogen and oxygen atoms in total. The number of nitrogens with one attached hydrogen (secondary N) is 1. The molecule has 2 heterocycles. The highest BCUT2D eigenvalue weighted by Crippen LogP contribution is 2.32. The van der Waals surface area contributed by atoms with Gasteiger partial charge in [0.05, 0.1) is 6.04 Å². The Morgan fingerprint density at radius 2 is 1.94 bits per heavy atom. The van der Waals surface area contributed by atoms with Crippen LogP contribution in [0, 0.1) is 6.92 Å². The van der Waals surface area contributed by atoms with Gasteiger partial charge >= 0.3 is 0 Å². The Bertz CT molecular complexity index is 1210. The molecule has 5 rings (SSSR count). The van der Waals surface area contributed by atoms with E-state index >= 15 is 0 Å². The van der Waals surface area contributed by atoms with Crippen LogP contribution < -0.4 is 10.2 Å². The van der Waals surface area contributed by atoms with Crippen molar-refractivity contribution in [2.75, 3.05) is 18.0 Å². The number of amides is 2. The molecule has 2 aliphatic heterocycles. The minimum absolute atomic E-state index is 0.00368. The Labute approximate surface area is 213 Å². The Hall–Kier alpha value is -3.41. The molecule has 36 heavy (non-hydrogen) atoms. The first-order chi connectivity index (χ1) is 17.4. The molecule has 3 aliphatic rings. The Kier molecular flexibility index (Phi) is 6.95. The average Bonchev–Trinajstić information content (AvgIpc) is 3.50. The summed E-state index contributed by atoms with van der Waals surface area (Å²) in [7, 11) is 0. The molecular formula is C30H35N3O3. The molecule has 6 heteroatoms. The molecule has 2 aromatic carbocycles. The van der Waals surface area contributed by atoms with Gasteiger partial charge in [0.2, 0.25) is 5.91 Å². The van der Waals surface area contributed by atoms with Crippen LogP contribution >= 0.6 is 0 Å². The summed E-state index contributed by atoms with van der Waals surface area (Å²) in [6, 6.07) is 11.8. The predicted molar refractivity (Wildman–Crippen MR) is 141 cm³/mol. The highest BCUT2D eigenvalue weighted by Gasteiger charge is 2.38. The van der Waals surface area contributed by atoms with Gasteiger partial charge in [-0.1, -0.05) is 36.4 Å². The van der Waals surface area contributed by atoms with Crippen LogP contribution in [-0.4, -0.2) is 41.6 Å². The molecule has 0 unspecified atom stereocenters. The minimum Gasteiger partial charge on any atom is -0.371 e. The molecule has 0 bridgehead atoms.